The largest absolute Gasteiger partial charge is 0.394 e. The van der Waals surface area contributed by atoms with Crippen molar-refractivity contribution in [2.24, 2.45) is 0 Å². The topological polar surface area (TPSA) is 40.5 Å². The van der Waals surface area contributed by atoms with E-state index in [0.29, 0.717) is 18.6 Å². The van der Waals surface area contributed by atoms with Gasteiger partial charge in [-0.3, -0.25) is 9.69 Å². The Morgan fingerprint density at radius 1 is 1.19 bits per heavy atom. The standard InChI is InChI=1S/C13H17NO2/c15-10-13(11-4-2-1-3-5-11)14-8-6-12(16)7-9-14/h1-5,13,15H,6-10H2/t13-/m0/s1. The van der Waals surface area contributed by atoms with E-state index in [9.17, 15) is 9.90 Å². The molecular formula is C13H17NO2. The van der Waals surface area contributed by atoms with Crippen molar-refractivity contribution < 1.29 is 9.90 Å². The molecule has 0 aromatic heterocycles. The number of nitrogens with zero attached hydrogens (tertiary/aromatic N) is 1. The predicted molar refractivity (Wildman–Crippen MR) is 62.1 cm³/mol. The first-order chi connectivity index (χ1) is 7.81. The number of aliphatic hydroxyl groups is 1. The van der Waals surface area contributed by atoms with Crippen LogP contribution in [0, 0.1) is 0 Å². The van der Waals surface area contributed by atoms with Crippen LogP contribution in [0.25, 0.3) is 0 Å². The molecule has 16 heavy (non-hydrogen) atoms. The minimum absolute atomic E-state index is 0.0364. The zero-order valence-electron chi connectivity index (χ0n) is 9.30. The molecule has 0 aliphatic carbocycles. The highest BCUT2D eigenvalue weighted by Crippen LogP contribution is 2.22. The van der Waals surface area contributed by atoms with Gasteiger partial charge in [-0.15, -0.1) is 0 Å². The number of Topliss-reactive ketones (excluding diaryl/α,β-unsaturated/α-hetero) is 1. The van der Waals surface area contributed by atoms with Crippen molar-refractivity contribution in [1.82, 2.24) is 4.90 Å². The van der Waals surface area contributed by atoms with Crippen LogP contribution in [0.5, 0.6) is 0 Å². The minimum atomic E-state index is 0.0364. The number of hydrogen-bond acceptors (Lipinski definition) is 3. The van der Waals surface area contributed by atoms with Crippen molar-refractivity contribution in [3.05, 3.63) is 35.9 Å². The number of aliphatic hydroxyl groups excluding tert-OH is 1. The van der Waals surface area contributed by atoms with E-state index in [1.807, 2.05) is 30.3 Å². The molecule has 1 aliphatic heterocycles. The summed E-state index contributed by atoms with van der Waals surface area (Å²) in [6, 6.07) is 10.0. The van der Waals surface area contributed by atoms with Crippen molar-refractivity contribution in [1.29, 1.82) is 0 Å². The molecule has 3 heteroatoms. The van der Waals surface area contributed by atoms with E-state index >= 15 is 0 Å². The molecule has 0 spiro atoms. The van der Waals surface area contributed by atoms with Crippen LogP contribution in [0.3, 0.4) is 0 Å². The van der Waals surface area contributed by atoms with E-state index in [0.717, 1.165) is 18.7 Å². The second-order valence-electron chi connectivity index (χ2n) is 4.18. The Kier molecular flexibility index (Phi) is 3.70. The number of likely N-dealkylation sites (tertiary alicyclic amines) is 1. The Bertz CT molecular complexity index is 340. The number of ketones is 1. The smallest absolute Gasteiger partial charge is 0.135 e. The van der Waals surface area contributed by atoms with Crippen LogP contribution < -0.4 is 0 Å². The van der Waals surface area contributed by atoms with Gasteiger partial charge in [-0.25, -0.2) is 0 Å². The third kappa shape index (κ3) is 2.49. The van der Waals surface area contributed by atoms with Gasteiger partial charge >= 0.3 is 0 Å². The van der Waals surface area contributed by atoms with Crippen molar-refractivity contribution in [2.75, 3.05) is 19.7 Å². The molecule has 1 aromatic rings. The monoisotopic (exact) mass is 219 g/mol. The number of carbonyl (C=O) groups is 1. The van der Waals surface area contributed by atoms with Crippen molar-refractivity contribution in [3.8, 4) is 0 Å². The van der Waals surface area contributed by atoms with Gasteiger partial charge in [0.25, 0.3) is 0 Å². The Morgan fingerprint density at radius 3 is 2.38 bits per heavy atom. The van der Waals surface area contributed by atoms with Gasteiger partial charge in [-0.05, 0) is 5.56 Å². The van der Waals surface area contributed by atoms with Gasteiger partial charge < -0.3 is 5.11 Å². The van der Waals surface area contributed by atoms with Crippen LogP contribution in [-0.4, -0.2) is 35.5 Å². The summed E-state index contributed by atoms with van der Waals surface area (Å²) in [5.41, 5.74) is 1.12. The molecule has 1 aliphatic rings. The molecule has 2 rings (SSSR count). The first kappa shape index (κ1) is 11.3. The van der Waals surface area contributed by atoms with Gasteiger partial charge in [0.15, 0.2) is 0 Å². The van der Waals surface area contributed by atoms with Crippen LogP contribution >= 0.6 is 0 Å². The van der Waals surface area contributed by atoms with Crippen molar-refractivity contribution in [2.45, 2.75) is 18.9 Å². The lowest BCUT2D eigenvalue weighted by Gasteiger charge is -2.33. The van der Waals surface area contributed by atoms with Gasteiger partial charge in [0.1, 0.15) is 5.78 Å². The average Bonchev–Trinajstić information content (AvgIpc) is 2.34. The summed E-state index contributed by atoms with van der Waals surface area (Å²) in [4.78, 5) is 13.4. The van der Waals surface area contributed by atoms with Gasteiger partial charge in [0, 0.05) is 25.9 Å². The van der Waals surface area contributed by atoms with E-state index in [1.165, 1.54) is 0 Å². The van der Waals surface area contributed by atoms with Gasteiger partial charge in [0.2, 0.25) is 0 Å². The Labute approximate surface area is 95.7 Å². The second-order valence-corrected chi connectivity index (χ2v) is 4.18. The molecule has 0 amide bonds. The van der Waals surface area contributed by atoms with Crippen LogP contribution in [-0.2, 0) is 4.79 Å². The molecular weight excluding hydrogens is 202 g/mol. The van der Waals surface area contributed by atoms with Crippen molar-refractivity contribution >= 4 is 5.78 Å². The number of benzene rings is 1. The minimum Gasteiger partial charge on any atom is -0.394 e. The Balaban J connectivity index is 2.08. The van der Waals surface area contributed by atoms with E-state index in [-0.39, 0.29) is 12.6 Å². The summed E-state index contributed by atoms with van der Waals surface area (Å²) in [6.07, 6.45) is 1.23. The molecule has 1 heterocycles. The van der Waals surface area contributed by atoms with E-state index < -0.39 is 0 Å². The van der Waals surface area contributed by atoms with E-state index in [4.69, 9.17) is 0 Å². The molecule has 0 radical (unpaired) electrons. The van der Waals surface area contributed by atoms with Gasteiger partial charge in [-0.2, -0.15) is 0 Å². The third-order valence-corrected chi connectivity index (χ3v) is 3.15. The van der Waals surface area contributed by atoms with E-state index in [2.05, 4.69) is 4.90 Å². The zero-order valence-corrected chi connectivity index (χ0v) is 9.30. The Morgan fingerprint density at radius 2 is 1.81 bits per heavy atom. The lowest BCUT2D eigenvalue weighted by atomic mass is 10.0. The number of rotatable bonds is 3. The molecule has 1 N–H and O–H groups in total. The number of hydrogen-bond donors (Lipinski definition) is 1. The first-order valence-corrected chi connectivity index (χ1v) is 5.73. The summed E-state index contributed by atoms with van der Waals surface area (Å²) >= 11 is 0. The summed E-state index contributed by atoms with van der Waals surface area (Å²) in [5.74, 6) is 0.334. The molecule has 1 saturated heterocycles. The van der Waals surface area contributed by atoms with Crippen LogP contribution in [0.2, 0.25) is 0 Å². The van der Waals surface area contributed by atoms with E-state index in [1.54, 1.807) is 0 Å². The molecule has 0 unspecified atom stereocenters. The predicted octanol–water partition coefficient (Wildman–Crippen LogP) is 1.38. The fourth-order valence-electron chi connectivity index (χ4n) is 2.19. The number of carbonyl (C=O) groups excluding carboxylic acids is 1. The Hall–Kier alpha value is -1.19. The second kappa shape index (κ2) is 5.23. The normalized spacial score (nSPS) is 19.7. The quantitative estimate of drug-likeness (QED) is 0.835. The van der Waals surface area contributed by atoms with Crippen LogP contribution in [0.1, 0.15) is 24.4 Å². The summed E-state index contributed by atoms with van der Waals surface area (Å²) in [6.45, 7) is 1.64. The summed E-state index contributed by atoms with van der Waals surface area (Å²) in [5, 5.41) is 9.47. The summed E-state index contributed by atoms with van der Waals surface area (Å²) in [7, 11) is 0. The fourth-order valence-corrected chi connectivity index (χ4v) is 2.19. The maximum Gasteiger partial charge on any atom is 0.135 e. The maximum absolute atomic E-state index is 11.2. The molecule has 1 aromatic carbocycles. The lowest BCUT2D eigenvalue weighted by Crippen LogP contribution is -2.38. The first-order valence-electron chi connectivity index (χ1n) is 5.73. The molecule has 1 atom stereocenters. The van der Waals surface area contributed by atoms with Gasteiger partial charge in [-0.1, -0.05) is 30.3 Å². The molecule has 86 valence electrons. The average molecular weight is 219 g/mol. The van der Waals surface area contributed by atoms with Crippen LogP contribution in [0.4, 0.5) is 0 Å². The molecule has 0 bridgehead atoms. The lowest BCUT2D eigenvalue weighted by molar-refractivity contribution is -0.122. The van der Waals surface area contributed by atoms with Gasteiger partial charge in [0.05, 0.1) is 12.6 Å². The fraction of sp³-hybridized carbons (Fsp3) is 0.462. The van der Waals surface area contributed by atoms with Crippen molar-refractivity contribution in [3.63, 3.8) is 0 Å². The third-order valence-electron chi connectivity index (χ3n) is 3.15. The highest BCUT2D eigenvalue weighted by atomic mass is 16.3. The molecule has 1 fully saturated rings. The maximum atomic E-state index is 11.2. The molecule has 3 nitrogen and oxygen atoms in total. The SMILES string of the molecule is O=C1CCN([C@@H](CO)c2ccccc2)CC1. The molecule has 0 saturated carbocycles. The summed E-state index contributed by atoms with van der Waals surface area (Å²) < 4.78 is 0. The zero-order chi connectivity index (χ0) is 11.4. The highest BCUT2D eigenvalue weighted by Gasteiger charge is 2.23. The highest BCUT2D eigenvalue weighted by molar-refractivity contribution is 5.79. The number of piperidine rings is 1. The van der Waals surface area contributed by atoms with Crippen LogP contribution in [0.15, 0.2) is 30.3 Å².